The number of rotatable bonds is 13. The second kappa shape index (κ2) is 13.4. The third-order valence-corrected chi connectivity index (χ3v) is 7.53. The topological polar surface area (TPSA) is 134 Å². The lowest BCUT2D eigenvalue weighted by molar-refractivity contribution is 0.0825. The Bertz CT molecular complexity index is 1330. The molecule has 1 aromatic heterocycles. The number of aromatic nitrogens is 1. The molecule has 0 fully saturated rings. The largest absolute Gasteiger partial charge is 0.431 e. The Kier molecular flexibility index (Phi) is 10.6. The number of oxazole rings is 1. The Labute approximate surface area is 233 Å². The SMILES string of the molecule is CC(C)CS(=O)(=O)Nc1nc(C(=O)NC(Cc2cc(F)cc(F)c2)C(O)CNCc2cccc(I)c2)co1. The van der Waals surface area contributed by atoms with Gasteiger partial charge in [-0.15, -0.1) is 0 Å². The van der Waals surface area contributed by atoms with Crippen molar-refractivity contribution >= 4 is 44.5 Å². The highest BCUT2D eigenvalue weighted by molar-refractivity contribution is 14.1. The van der Waals surface area contributed by atoms with Crippen LogP contribution < -0.4 is 15.4 Å². The van der Waals surface area contributed by atoms with Crippen molar-refractivity contribution in [3.05, 3.63) is 80.8 Å². The van der Waals surface area contributed by atoms with Gasteiger partial charge >= 0.3 is 6.01 Å². The molecule has 0 aliphatic rings. The number of aliphatic hydroxyl groups is 1. The van der Waals surface area contributed by atoms with Crippen LogP contribution in [0, 0.1) is 21.1 Å². The summed E-state index contributed by atoms with van der Waals surface area (Å²) in [5.41, 5.74) is 0.986. The van der Waals surface area contributed by atoms with Crippen molar-refractivity contribution in [1.29, 1.82) is 0 Å². The number of aliphatic hydroxyl groups excluding tert-OH is 1. The fourth-order valence-corrected chi connectivity index (χ4v) is 5.63. The smallest absolute Gasteiger partial charge is 0.309 e. The zero-order valence-corrected chi connectivity index (χ0v) is 23.7. The molecule has 3 rings (SSSR count). The van der Waals surface area contributed by atoms with Gasteiger partial charge in [0, 0.05) is 22.7 Å². The molecule has 0 aliphatic carbocycles. The Hall–Kier alpha value is -2.62. The number of nitrogens with zero attached hydrogens (tertiary/aromatic N) is 1. The molecule has 0 spiro atoms. The van der Waals surface area contributed by atoms with Gasteiger partial charge in [-0.3, -0.25) is 4.79 Å². The summed E-state index contributed by atoms with van der Waals surface area (Å²) in [5, 5.41) is 16.6. The number of hydrogen-bond donors (Lipinski definition) is 4. The van der Waals surface area contributed by atoms with Crippen molar-refractivity contribution in [1.82, 2.24) is 15.6 Å². The maximum absolute atomic E-state index is 13.8. The molecule has 38 heavy (non-hydrogen) atoms. The first-order valence-electron chi connectivity index (χ1n) is 11.8. The molecule has 0 saturated heterocycles. The molecule has 4 N–H and O–H groups in total. The lowest BCUT2D eigenvalue weighted by Gasteiger charge is -2.24. The fourth-order valence-electron chi connectivity index (χ4n) is 3.70. The molecule has 2 aromatic carbocycles. The first-order valence-corrected chi connectivity index (χ1v) is 14.5. The van der Waals surface area contributed by atoms with Crippen molar-refractivity contribution in [3.63, 3.8) is 0 Å². The van der Waals surface area contributed by atoms with E-state index < -0.39 is 39.7 Å². The van der Waals surface area contributed by atoms with E-state index in [1.165, 1.54) is 0 Å². The number of carbonyl (C=O) groups excluding carboxylic acids is 1. The Morgan fingerprint density at radius 2 is 1.84 bits per heavy atom. The standard InChI is InChI=1S/C25H29F2IN4O5S/c1-15(2)14-38(35,36)32-25-31-22(13-37-25)24(34)30-21(9-17-6-18(26)10-19(27)7-17)23(33)12-29-11-16-4-3-5-20(28)8-16/h3-8,10,13,15,21,23,29,33H,9,11-12,14H2,1-2H3,(H,30,34)(H,31,32). The average molecular weight is 662 g/mol. The van der Waals surface area contributed by atoms with Crippen molar-refractivity contribution < 1.29 is 31.5 Å². The molecule has 2 unspecified atom stereocenters. The van der Waals surface area contributed by atoms with E-state index in [4.69, 9.17) is 4.42 Å². The van der Waals surface area contributed by atoms with Gasteiger partial charge in [-0.1, -0.05) is 26.0 Å². The summed E-state index contributed by atoms with van der Waals surface area (Å²) in [4.78, 5) is 16.8. The van der Waals surface area contributed by atoms with E-state index in [1.54, 1.807) is 13.8 Å². The number of halogens is 3. The number of hydrogen-bond acceptors (Lipinski definition) is 7. The summed E-state index contributed by atoms with van der Waals surface area (Å²) in [6.07, 6.45) is -0.259. The predicted molar refractivity (Wildman–Crippen MR) is 147 cm³/mol. The van der Waals surface area contributed by atoms with Crippen LogP contribution in [0.5, 0.6) is 0 Å². The molecule has 1 heterocycles. The maximum Gasteiger partial charge on any atom is 0.309 e. The van der Waals surface area contributed by atoms with E-state index >= 15 is 0 Å². The predicted octanol–water partition coefficient (Wildman–Crippen LogP) is 3.45. The van der Waals surface area contributed by atoms with Crippen LogP contribution in [-0.2, 0) is 23.0 Å². The van der Waals surface area contributed by atoms with E-state index in [0.29, 0.717) is 6.54 Å². The Balaban J connectivity index is 1.71. The molecular formula is C25H29F2IN4O5S. The molecule has 2 atom stereocenters. The monoisotopic (exact) mass is 662 g/mol. The summed E-state index contributed by atoms with van der Waals surface area (Å²) < 4.78 is 60.1. The van der Waals surface area contributed by atoms with Crippen molar-refractivity contribution in [2.24, 2.45) is 5.92 Å². The molecule has 0 radical (unpaired) electrons. The van der Waals surface area contributed by atoms with E-state index in [-0.39, 0.29) is 41.9 Å². The molecule has 206 valence electrons. The minimum atomic E-state index is -3.73. The minimum Gasteiger partial charge on any atom is -0.431 e. The molecule has 13 heteroatoms. The van der Waals surface area contributed by atoms with Crippen molar-refractivity contribution in [3.8, 4) is 0 Å². The van der Waals surface area contributed by atoms with Gasteiger partial charge in [-0.25, -0.2) is 21.9 Å². The maximum atomic E-state index is 13.8. The van der Waals surface area contributed by atoms with Crippen LogP contribution in [0.15, 0.2) is 53.1 Å². The van der Waals surface area contributed by atoms with Crippen LogP contribution in [0.1, 0.15) is 35.5 Å². The summed E-state index contributed by atoms with van der Waals surface area (Å²) in [6.45, 7) is 3.98. The lowest BCUT2D eigenvalue weighted by atomic mass is 10.0. The summed E-state index contributed by atoms with van der Waals surface area (Å²) in [5.74, 6) is -2.64. The summed E-state index contributed by atoms with van der Waals surface area (Å²) in [7, 11) is -3.73. The van der Waals surface area contributed by atoms with Gasteiger partial charge < -0.3 is 20.2 Å². The van der Waals surface area contributed by atoms with Crippen LogP contribution in [-0.4, -0.2) is 48.9 Å². The van der Waals surface area contributed by atoms with Crippen molar-refractivity contribution in [2.75, 3.05) is 17.0 Å². The first-order chi connectivity index (χ1) is 17.9. The molecular weight excluding hydrogens is 633 g/mol. The van der Waals surface area contributed by atoms with Crippen LogP contribution in [0.2, 0.25) is 0 Å². The van der Waals surface area contributed by atoms with Gasteiger partial charge in [0.25, 0.3) is 5.91 Å². The fraction of sp³-hybridized carbons (Fsp3) is 0.360. The quantitative estimate of drug-likeness (QED) is 0.206. The van der Waals surface area contributed by atoms with Gasteiger partial charge in [0.15, 0.2) is 5.69 Å². The van der Waals surface area contributed by atoms with Gasteiger partial charge in [0.1, 0.15) is 17.9 Å². The number of carbonyl (C=O) groups is 1. The molecule has 0 bridgehead atoms. The lowest BCUT2D eigenvalue weighted by Crippen LogP contribution is -2.48. The average Bonchev–Trinajstić information content (AvgIpc) is 3.25. The third-order valence-electron chi connectivity index (χ3n) is 5.26. The van der Waals surface area contributed by atoms with E-state index in [1.807, 2.05) is 24.3 Å². The van der Waals surface area contributed by atoms with Gasteiger partial charge in [-0.2, -0.15) is 4.98 Å². The van der Waals surface area contributed by atoms with Gasteiger partial charge in [0.05, 0.1) is 17.9 Å². The minimum absolute atomic E-state index is 0.0628. The van der Waals surface area contributed by atoms with E-state index in [0.717, 1.165) is 33.6 Å². The highest BCUT2D eigenvalue weighted by Gasteiger charge is 2.25. The van der Waals surface area contributed by atoms with Crippen LogP contribution in [0.4, 0.5) is 14.8 Å². The second-order valence-electron chi connectivity index (χ2n) is 9.21. The Morgan fingerprint density at radius 1 is 1.13 bits per heavy atom. The van der Waals surface area contributed by atoms with Crippen molar-refractivity contribution in [2.45, 2.75) is 39.0 Å². The zero-order valence-electron chi connectivity index (χ0n) is 20.7. The summed E-state index contributed by atoms with van der Waals surface area (Å²) in [6, 6.07) is 9.38. The highest BCUT2D eigenvalue weighted by atomic mass is 127. The van der Waals surface area contributed by atoms with Crippen LogP contribution in [0.25, 0.3) is 0 Å². The summed E-state index contributed by atoms with van der Waals surface area (Å²) >= 11 is 2.19. The van der Waals surface area contributed by atoms with Gasteiger partial charge in [0.2, 0.25) is 10.0 Å². The Morgan fingerprint density at radius 3 is 2.50 bits per heavy atom. The number of nitrogens with one attached hydrogen (secondary N) is 3. The third kappa shape index (κ3) is 9.60. The molecule has 9 nitrogen and oxygen atoms in total. The van der Waals surface area contributed by atoms with Gasteiger partial charge in [-0.05, 0) is 70.3 Å². The van der Waals surface area contributed by atoms with E-state index in [9.17, 15) is 27.1 Å². The number of sulfonamides is 1. The van der Waals surface area contributed by atoms with E-state index in [2.05, 4.69) is 42.9 Å². The number of anilines is 1. The molecule has 0 aliphatic heterocycles. The molecule has 0 saturated carbocycles. The van der Waals surface area contributed by atoms with Crippen LogP contribution >= 0.6 is 22.6 Å². The zero-order chi connectivity index (χ0) is 27.9. The number of benzene rings is 2. The number of amides is 1. The molecule has 1 amide bonds. The van der Waals surface area contributed by atoms with Crippen LogP contribution in [0.3, 0.4) is 0 Å². The normalized spacial score (nSPS) is 13.3. The highest BCUT2D eigenvalue weighted by Crippen LogP contribution is 2.15. The first kappa shape index (κ1) is 29.9. The second-order valence-corrected chi connectivity index (χ2v) is 12.2. The molecule has 3 aromatic rings.